The highest BCUT2D eigenvalue weighted by Crippen LogP contribution is 2.22. The molecule has 26 heavy (non-hydrogen) atoms. The van der Waals surface area contributed by atoms with E-state index in [-0.39, 0.29) is 18.0 Å². The van der Waals surface area contributed by atoms with Gasteiger partial charge >= 0.3 is 17.9 Å². The van der Waals surface area contributed by atoms with E-state index in [2.05, 4.69) is 6.58 Å². The minimum atomic E-state index is -0.985. The van der Waals surface area contributed by atoms with Crippen LogP contribution in [0.25, 0.3) is 10.8 Å². The number of rotatable bonds is 9. The Kier molecular flexibility index (Phi) is 6.91. The van der Waals surface area contributed by atoms with Crippen molar-refractivity contribution in [3.63, 3.8) is 0 Å². The Bertz CT molecular complexity index is 824. The molecular weight excluding hydrogens is 336 g/mol. The standard InChI is InChI=1S/C20H20O6/c1-2-18(21)25-11-5-3-4-6-19(22)26-17-10-9-14-12-16(20(23)24)8-7-15(14)13-17/h2,7-10,12-13H,1,3-6,11H2,(H,23,24). The molecule has 0 heterocycles. The predicted octanol–water partition coefficient (Wildman–Crippen LogP) is 3.73. The normalized spacial score (nSPS) is 10.3. The van der Waals surface area contributed by atoms with E-state index in [4.69, 9.17) is 14.6 Å². The molecule has 2 aromatic rings. The van der Waals surface area contributed by atoms with Crippen molar-refractivity contribution in [1.82, 2.24) is 0 Å². The van der Waals surface area contributed by atoms with E-state index in [0.717, 1.165) is 23.3 Å². The van der Waals surface area contributed by atoms with E-state index in [9.17, 15) is 14.4 Å². The number of fused-ring (bicyclic) bond motifs is 1. The number of hydrogen-bond donors (Lipinski definition) is 1. The summed E-state index contributed by atoms with van der Waals surface area (Å²) < 4.78 is 10.2. The molecule has 0 spiro atoms. The van der Waals surface area contributed by atoms with E-state index < -0.39 is 11.9 Å². The van der Waals surface area contributed by atoms with Crippen LogP contribution in [0, 0.1) is 0 Å². The van der Waals surface area contributed by atoms with Gasteiger partial charge in [-0.05, 0) is 54.3 Å². The average molecular weight is 356 g/mol. The van der Waals surface area contributed by atoms with Crippen LogP contribution in [0.1, 0.15) is 36.0 Å². The van der Waals surface area contributed by atoms with Gasteiger partial charge in [0.1, 0.15) is 5.75 Å². The third kappa shape index (κ3) is 5.73. The maximum Gasteiger partial charge on any atom is 0.335 e. The molecule has 0 amide bonds. The molecule has 0 bridgehead atoms. The first-order valence-electron chi connectivity index (χ1n) is 8.26. The van der Waals surface area contributed by atoms with E-state index in [1.54, 1.807) is 30.3 Å². The smallest absolute Gasteiger partial charge is 0.335 e. The molecule has 1 N–H and O–H groups in total. The lowest BCUT2D eigenvalue weighted by Crippen LogP contribution is -2.08. The summed E-state index contributed by atoms with van der Waals surface area (Å²) in [7, 11) is 0. The monoisotopic (exact) mass is 356 g/mol. The van der Waals surface area contributed by atoms with Crippen LogP contribution in [-0.2, 0) is 14.3 Å². The first kappa shape index (κ1) is 19.2. The Labute approximate surface area is 151 Å². The Morgan fingerprint density at radius 3 is 2.46 bits per heavy atom. The van der Waals surface area contributed by atoms with Crippen LogP contribution in [0.2, 0.25) is 0 Å². The Balaban J connectivity index is 1.79. The number of hydrogen-bond acceptors (Lipinski definition) is 5. The maximum absolute atomic E-state index is 11.9. The summed E-state index contributed by atoms with van der Waals surface area (Å²) >= 11 is 0. The number of unbranched alkanes of at least 4 members (excludes halogenated alkanes) is 2. The molecule has 0 saturated carbocycles. The quantitative estimate of drug-likeness (QED) is 0.319. The van der Waals surface area contributed by atoms with E-state index in [1.165, 1.54) is 6.07 Å². The largest absolute Gasteiger partial charge is 0.478 e. The van der Waals surface area contributed by atoms with Crippen molar-refractivity contribution in [2.45, 2.75) is 25.7 Å². The van der Waals surface area contributed by atoms with Crippen LogP contribution < -0.4 is 4.74 Å². The predicted molar refractivity (Wildman–Crippen MR) is 96.2 cm³/mol. The SMILES string of the molecule is C=CC(=O)OCCCCCC(=O)Oc1ccc2cc(C(=O)O)ccc2c1. The molecule has 0 unspecified atom stereocenters. The summed E-state index contributed by atoms with van der Waals surface area (Å²) in [6, 6.07) is 9.82. The molecule has 6 nitrogen and oxygen atoms in total. The van der Waals surface area contributed by atoms with Crippen LogP contribution in [0.4, 0.5) is 0 Å². The van der Waals surface area contributed by atoms with Gasteiger partial charge in [0, 0.05) is 12.5 Å². The number of carboxylic acid groups (broad SMARTS) is 1. The number of carbonyl (C=O) groups excluding carboxylic acids is 2. The number of ether oxygens (including phenoxy) is 2. The highest BCUT2D eigenvalue weighted by molar-refractivity contribution is 5.94. The van der Waals surface area contributed by atoms with Gasteiger partial charge in [-0.15, -0.1) is 0 Å². The third-order valence-corrected chi connectivity index (χ3v) is 3.73. The molecule has 136 valence electrons. The van der Waals surface area contributed by atoms with Crippen molar-refractivity contribution in [2.24, 2.45) is 0 Å². The summed E-state index contributed by atoms with van der Waals surface area (Å²) in [6.45, 7) is 3.62. The molecule has 2 rings (SSSR count). The minimum Gasteiger partial charge on any atom is -0.478 e. The third-order valence-electron chi connectivity index (χ3n) is 3.73. The summed E-state index contributed by atoms with van der Waals surface area (Å²) in [5, 5.41) is 10.6. The Morgan fingerprint density at radius 2 is 1.73 bits per heavy atom. The molecule has 0 radical (unpaired) electrons. The molecule has 0 aliphatic rings. The van der Waals surface area contributed by atoms with Crippen molar-refractivity contribution in [3.8, 4) is 5.75 Å². The van der Waals surface area contributed by atoms with Crippen LogP contribution in [0.5, 0.6) is 5.75 Å². The van der Waals surface area contributed by atoms with E-state index in [1.807, 2.05) is 0 Å². The Morgan fingerprint density at radius 1 is 1.00 bits per heavy atom. The van der Waals surface area contributed by atoms with Crippen molar-refractivity contribution in [1.29, 1.82) is 0 Å². The summed E-state index contributed by atoms with van der Waals surface area (Å²) in [6.07, 6.45) is 3.44. The number of benzene rings is 2. The number of carbonyl (C=O) groups is 3. The van der Waals surface area contributed by atoms with Crippen molar-refractivity contribution in [2.75, 3.05) is 6.61 Å². The van der Waals surface area contributed by atoms with Crippen molar-refractivity contribution >= 4 is 28.7 Å². The highest BCUT2D eigenvalue weighted by Gasteiger charge is 2.08. The van der Waals surface area contributed by atoms with Gasteiger partial charge in [-0.2, -0.15) is 0 Å². The zero-order valence-electron chi connectivity index (χ0n) is 14.3. The van der Waals surface area contributed by atoms with E-state index >= 15 is 0 Å². The first-order chi connectivity index (χ1) is 12.5. The maximum atomic E-state index is 11.9. The Hall–Kier alpha value is -3.15. The lowest BCUT2D eigenvalue weighted by molar-refractivity contribution is -0.138. The second-order valence-corrected chi connectivity index (χ2v) is 5.69. The second-order valence-electron chi connectivity index (χ2n) is 5.69. The van der Waals surface area contributed by atoms with E-state index in [0.29, 0.717) is 25.2 Å². The van der Waals surface area contributed by atoms with Gasteiger partial charge in [0.15, 0.2) is 0 Å². The molecule has 0 atom stereocenters. The number of carboxylic acids is 1. The average Bonchev–Trinajstić information content (AvgIpc) is 2.63. The fourth-order valence-corrected chi connectivity index (χ4v) is 2.38. The van der Waals surface area contributed by atoms with Crippen LogP contribution in [-0.4, -0.2) is 29.6 Å². The van der Waals surface area contributed by atoms with Crippen LogP contribution in [0.15, 0.2) is 49.1 Å². The number of esters is 2. The molecule has 0 fully saturated rings. The first-order valence-corrected chi connectivity index (χ1v) is 8.26. The van der Waals surface area contributed by atoms with Gasteiger partial charge in [-0.3, -0.25) is 4.79 Å². The molecular formula is C20H20O6. The van der Waals surface area contributed by atoms with Gasteiger partial charge < -0.3 is 14.6 Å². The molecule has 0 aromatic heterocycles. The summed E-state index contributed by atoms with van der Waals surface area (Å²) in [5.41, 5.74) is 0.209. The number of aromatic carboxylic acids is 1. The zero-order chi connectivity index (χ0) is 18.9. The minimum absolute atomic E-state index is 0.209. The van der Waals surface area contributed by atoms with Crippen LogP contribution in [0.3, 0.4) is 0 Å². The molecule has 0 aliphatic carbocycles. The summed E-state index contributed by atoms with van der Waals surface area (Å²) in [5.74, 6) is -1.35. The topological polar surface area (TPSA) is 89.9 Å². The van der Waals surface area contributed by atoms with Gasteiger partial charge in [0.05, 0.1) is 12.2 Å². The molecule has 0 saturated heterocycles. The molecule has 6 heteroatoms. The summed E-state index contributed by atoms with van der Waals surface area (Å²) in [4.78, 5) is 33.7. The molecule has 2 aromatic carbocycles. The van der Waals surface area contributed by atoms with Gasteiger partial charge in [-0.1, -0.05) is 18.7 Å². The fraction of sp³-hybridized carbons (Fsp3) is 0.250. The fourth-order valence-electron chi connectivity index (χ4n) is 2.38. The van der Waals surface area contributed by atoms with Gasteiger partial charge in [0.25, 0.3) is 0 Å². The highest BCUT2D eigenvalue weighted by atomic mass is 16.5. The molecule has 0 aliphatic heterocycles. The lowest BCUT2D eigenvalue weighted by atomic mass is 10.1. The lowest BCUT2D eigenvalue weighted by Gasteiger charge is -2.06. The zero-order valence-corrected chi connectivity index (χ0v) is 14.3. The van der Waals surface area contributed by atoms with Crippen molar-refractivity contribution < 1.29 is 29.0 Å². The van der Waals surface area contributed by atoms with Crippen LogP contribution >= 0.6 is 0 Å². The van der Waals surface area contributed by atoms with Gasteiger partial charge in [0.2, 0.25) is 0 Å². The second kappa shape index (κ2) is 9.36. The van der Waals surface area contributed by atoms with Gasteiger partial charge in [-0.25, -0.2) is 9.59 Å². The van der Waals surface area contributed by atoms with Crippen molar-refractivity contribution in [3.05, 3.63) is 54.6 Å².